The molecule has 5 heteroatoms. The molecule has 3 nitrogen and oxygen atoms in total. The number of benzene rings is 1. The predicted octanol–water partition coefficient (Wildman–Crippen LogP) is 2.58. The molecule has 2 rings (SSSR count). The normalized spacial score (nSPS) is 10.4. The highest BCUT2D eigenvalue weighted by molar-refractivity contribution is 9.10. The van der Waals surface area contributed by atoms with Crippen molar-refractivity contribution in [3.63, 3.8) is 0 Å². The maximum absolute atomic E-state index is 5.70. The Kier molecular flexibility index (Phi) is 3.07. The summed E-state index contributed by atoms with van der Waals surface area (Å²) >= 11 is 8.48. The van der Waals surface area contributed by atoms with Crippen LogP contribution in [0.25, 0.3) is 5.69 Å². The molecule has 0 aliphatic heterocycles. The minimum Gasteiger partial charge on any atom is -0.389 e. The zero-order chi connectivity index (χ0) is 11.7. The molecule has 1 heterocycles. The van der Waals surface area contributed by atoms with Gasteiger partial charge in [-0.3, -0.25) is 0 Å². The van der Waals surface area contributed by atoms with E-state index in [0.29, 0.717) is 4.99 Å². The SMILES string of the molecule is Cc1nccn1-c1cc(Br)ccc1C(N)=S. The van der Waals surface area contributed by atoms with Crippen molar-refractivity contribution in [1.82, 2.24) is 9.55 Å². The number of nitrogens with zero attached hydrogens (tertiary/aromatic N) is 2. The van der Waals surface area contributed by atoms with Crippen LogP contribution < -0.4 is 5.73 Å². The predicted molar refractivity (Wildman–Crippen MR) is 71.9 cm³/mol. The van der Waals surface area contributed by atoms with Gasteiger partial charge in [-0.05, 0) is 25.1 Å². The lowest BCUT2D eigenvalue weighted by atomic mass is 10.1. The van der Waals surface area contributed by atoms with E-state index in [2.05, 4.69) is 20.9 Å². The molecule has 82 valence electrons. The quantitative estimate of drug-likeness (QED) is 0.866. The van der Waals surface area contributed by atoms with Crippen molar-refractivity contribution in [2.75, 3.05) is 0 Å². The molecule has 0 radical (unpaired) electrons. The number of imidazole rings is 1. The zero-order valence-corrected chi connectivity index (χ0v) is 11.0. The highest BCUT2D eigenvalue weighted by atomic mass is 79.9. The third-order valence-electron chi connectivity index (χ3n) is 2.31. The number of aryl methyl sites for hydroxylation is 1. The van der Waals surface area contributed by atoms with Crippen molar-refractivity contribution in [2.45, 2.75) is 6.92 Å². The maximum Gasteiger partial charge on any atom is 0.110 e. The molecule has 0 fully saturated rings. The lowest BCUT2D eigenvalue weighted by molar-refractivity contribution is 0.971. The van der Waals surface area contributed by atoms with Crippen molar-refractivity contribution in [3.8, 4) is 5.69 Å². The topological polar surface area (TPSA) is 43.8 Å². The van der Waals surface area contributed by atoms with Gasteiger partial charge in [-0.1, -0.05) is 28.1 Å². The maximum atomic E-state index is 5.70. The summed E-state index contributed by atoms with van der Waals surface area (Å²) in [5.74, 6) is 0.899. The van der Waals surface area contributed by atoms with Gasteiger partial charge in [-0.15, -0.1) is 0 Å². The van der Waals surface area contributed by atoms with Crippen LogP contribution in [-0.4, -0.2) is 14.5 Å². The van der Waals surface area contributed by atoms with Crippen molar-refractivity contribution in [1.29, 1.82) is 0 Å². The second-order valence-corrected chi connectivity index (χ2v) is 4.73. The van der Waals surface area contributed by atoms with E-state index in [1.807, 2.05) is 35.9 Å². The first kappa shape index (κ1) is 11.3. The van der Waals surface area contributed by atoms with Crippen LogP contribution in [0, 0.1) is 6.92 Å². The summed E-state index contributed by atoms with van der Waals surface area (Å²) in [6.07, 6.45) is 3.64. The Morgan fingerprint density at radius 2 is 2.25 bits per heavy atom. The third-order valence-corrected chi connectivity index (χ3v) is 3.02. The molecule has 0 aliphatic carbocycles. The number of nitrogens with two attached hydrogens (primary N) is 1. The lowest BCUT2D eigenvalue weighted by Gasteiger charge is -2.11. The fourth-order valence-corrected chi connectivity index (χ4v) is 2.07. The zero-order valence-electron chi connectivity index (χ0n) is 8.64. The van der Waals surface area contributed by atoms with Gasteiger partial charge in [-0.25, -0.2) is 4.98 Å². The summed E-state index contributed by atoms with van der Waals surface area (Å²) in [5.41, 5.74) is 7.49. The summed E-state index contributed by atoms with van der Waals surface area (Å²) in [7, 11) is 0. The molecule has 2 aromatic rings. The molecule has 16 heavy (non-hydrogen) atoms. The Morgan fingerprint density at radius 1 is 1.50 bits per heavy atom. The first-order valence-electron chi connectivity index (χ1n) is 4.69. The second kappa shape index (κ2) is 4.35. The van der Waals surface area contributed by atoms with E-state index in [1.165, 1.54) is 0 Å². The number of thiocarbonyl (C=S) groups is 1. The van der Waals surface area contributed by atoms with Crippen LogP contribution in [0.2, 0.25) is 0 Å². The third kappa shape index (κ3) is 2.01. The number of hydrogen-bond acceptors (Lipinski definition) is 2. The van der Waals surface area contributed by atoms with Gasteiger partial charge >= 0.3 is 0 Å². The number of halogens is 1. The highest BCUT2D eigenvalue weighted by Crippen LogP contribution is 2.21. The standard InChI is InChI=1S/C11H10BrN3S/c1-7-14-4-5-15(7)10-6-8(12)2-3-9(10)11(13)16/h2-6H,1H3,(H2,13,16). The van der Waals surface area contributed by atoms with E-state index >= 15 is 0 Å². The highest BCUT2D eigenvalue weighted by Gasteiger charge is 2.09. The van der Waals surface area contributed by atoms with E-state index < -0.39 is 0 Å². The summed E-state index contributed by atoms with van der Waals surface area (Å²) in [4.78, 5) is 4.57. The molecule has 0 amide bonds. The minimum atomic E-state index is 0.385. The van der Waals surface area contributed by atoms with Gasteiger partial charge in [0, 0.05) is 22.4 Å². The van der Waals surface area contributed by atoms with E-state index in [1.54, 1.807) is 6.20 Å². The molecule has 2 N–H and O–H groups in total. The summed E-state index contributed by atoms with van der Waals surface area (Å²) in [6.45, 7) is 1.93. The Labute approximate surface area is 107 Å². The minimum absolute atomic E-state index is 0.385. The number of hydrogen-bond donors (Lipinski definition) is 1. The molecule has 1 aromatic carbocycles. The van der Waals surface area contributed by atoms with Crippen LogP contribution >= 0.6 is 28.1 Å². The Hall–Kier alpha value is -1.20. The monoisotopic (exact) mass is 295 g/mol. The molecule has 0 atom stereocenters. The number of rotatable bonds is 2. The summed E-state index contributed by atoms with van der Waals surface area (Å²) in [5, 5.41) is 0. The van der Waals surface area contributed by atoms with Crippen molar-refractivity contribution in [3.05, 3.63) is 46.5 Å². The van der Waals surface area contributed by atoms with Gasteiger partial charge in [0.05, 0.1) is 5.69 Å². The Morgan fingerprint density at radius 3 is 2.81 bits per heavy atom. The molecule has 0 bridgehead atoms. The fraction of sp³-hybridized carbons (Fsp3) is 0.0909. The second-order valence-electron chi connectivity index (χ2n) is 3.37. The van der Waals surface area contributed by atoms with Gasteiger partial charge in [0.15, 0.2) is 0 Å². The molecule has 0 saturated carbocycles. The van der Waals surface area contributed by atoms with Crippen molar-refractivity contribution in [2.24, 2.45) is 5.73 Å². The van der Waals surface area contributed by atoms with Gasteiger partial charge in [0.25, 0.3) is 0 Å². The lowest BCUT2D eigenvalue weighted by Crippen LogP contribution is -2.13. The molecule has 0 spiro atoms. The van der Waals surface area contributed by atoms with Gasteiger partial charge in [0.1, 0.15) is 10.8 Å². The van der Waals surface area contributed by atoms with Crippen molar-refractivity contribution < 1.29 is 0 Å². The number of aromatic nitrogens is 2. The largest absolute Gasteiger partial charge is 0.389 e. The average molecular weight is 296 g/mol. The molecular weight excluding hydrogens is 286 g/mol. The molecular formula is C11H10BrN3S. The Bertz CT molecular complexity index is 548. The first-order valence-corrected chi connectivity index (χ1v) is 5.89. The smallest absolute Gasteiger partial charge is 0.110 e. The van der Waals surface area contributed by atoms with Crippen LogP contribution in [0.15, 0.2) is 35.1 Å². The molecule has 0 unspecified atom stereocenters. The Balaban J connectivity index is 2.67. The van der Waals surface area contributed by atoms with Crippen LogP contribution in [0.1, 0.15) is 11.4 Å². The van der Waals surface area contributed by atoms with E-state index in [4.69, 9.17) is 18.0 Å². The first-order chi connectivity index (χ1) is 7.59. The van der Waals surface area contributed by atoms with E-state index in [0.717, 1.165) is 21.5 Å². The summed E-state index contributed by atoms with van der Waals surface area (Å²) in [6, 6.07) is 5.80. The van der Waals surface area contributed by atoms with Crippen LogP contribution in [-0.2, 0) is 0 Å². The van der Waals surface area contributed by atoms with Crippen LogP contribution in [0.4, 0.5) is 0 Å². The van der Waals surface area contributed by atoms with E-state index in [9.17, 15) is 0 Å². The molecule has 1 aromatic heterocycles. The van der Waals surface area contributed by atoms with Gasteiger partial charge < -0.3 is 10.3 Å². The molecule has 0 aliphatic rings. The van der Waals surface area contributed by atoms with Gasteiger partial charge in [-0.2, -0.15) is 0 Å². The fourth-order valence-electron chi connectivity index (χ4n) is 1.55. The van der Waals surface area contributed by atoms with E-state index in [-0.39, 0.29) is 0 Å². The van der Waals surface area contributed by atoms with Gasteiger partial charge in [0.2, 0.25) is 0 Å². The van der Waals surface area contributed by atoms with Crippen LogP contribution in [0.3, 0.4) is 0 Å². The average Bonchev–Trinajstić information content (AvgIpc) is 2.63. The molecule has 0 saturated heterocycles. The summed E-state index contributed by atoms with van der Waals surface area (Å²) < 4.78 is 2.94. The van der Waals surface area contributed by atoms with Crippen LogP contribution in [0.5, 0.6) is 0 Å². The van der Waals surface area contributed by atoms with Crippen molar-refractivity contribution >= 4 is 33.1 Å².